The van der Waals surface area contributed by atoms with Gasteiger partial charge in [0.15, 0.2) is 0 Å². The van der Waals surface area contributed by atoms with Crippen molar-refractivity contribution in [3.8, 4) is 0 Å². The van der Waals surface area contributed by atoms with Crippen LogP contribution in [-0.2, 0) is 18.8 Å². The van der Waals surface area contributed by atoms with Crippen LogP contribution in [0, 0.1) is 5.92 Å². The molecule has 0 amide bonds. The third-order valence-electron chi connectivity index (χ3n) is 5.06. The molecule has 0 radical (unpaired) electrons. The largest absolute Gasteiger partial charge is 0.469 e. The first-order valence-corrected chi connectivity index (χ1v) is 11.5. The maximum atomic E-state index is 12.4. The number of ether oxygens (including phenoxy) is 1. The first-order chi connectivity index (χ1) is 13.2. The number of carbonyl (C=O) groups is 2. The van der Waals surface area contributed by atoms with Crippen LogP contribution in [0.25, 0.3) is 0 Å². The van der Waals surface area contributed by atoms with E-state index in [9.17, 15) is 9.59 Å². The number of ketones is 1. The van der Waals surface area contributed by atoms with Crippen molar-refractivity contribution in [2.24, 2.45) is 5.92 Å². The molecule has 0 spiro atoms. The summed E-state index contributed by atoms with van der Waals surface area (Å²) in [4.78, 5) is 23.8. The molecular weight excluding hydrogens is 368 g/mol. The van der Waals surface area contributed by atoms with E-state index in [-0.39, 0.29) is 29.8 Å². The Balaban J connectivity index is 2.42. The quantitative estimate of drug-likeness (QED) is 0.389. The smallest absolute Gasteiger partial charge is 0.313 e. The van der Waals surface area contributed by atoms with Gasteiger partial charge in [-0.05, 0) is 15.4 Å². The molecule has 0 aliphatic rings. The number of methoxy groups -OCH3 is 1. The maximum absolute atomic E-state index is 12.4. The molecule has 0 aromatic heterocycles. The summed E-state index contributed by atoms with van der Waals surface area (Å²) >= 11 is 0. The van der Waals surface area contributed by atoms with Crippen LogP contribution in [0.15, 0.2) is 60.7 Å². The summed E-state index contributed by atoms with van der Waals surface area (Å²) in [6, 6.07) is 20.6. The van der Waals surface area contributed by atoms with E-state index in [2.05, 4.69) is 49.8 Å². The van der Waals surface area contributed by atoms with Crippen molar-refractivity contribution < 1.29 is 18.8 Å². The summed E-state index contributed by atoms with van der Waals surface area (Å²) in [6.45, 7) is 8.66. The summed E-state index contributed by atoms with van der Waals surface area (Å²) in [5.74, 6) is -1.06. The van der Waals surface area contributed by atoms with E-state index in [1.54, 1.807) is 0 Å². The fraction of sp³-hybridized carbons (Fsp3) is 0.391. The predicted molar refractivity (Wildman–Crippen MR) is 114 cm³/mol. The highest BCUT2D eigenvalue weighted by Gasteiger charge is 2.50. The van der Waals surface area contributed by atoms with Gasteiger partial charge in [-0.2, -0.15) is 0 Å². The fourth-order valence-electron chi connectivity index (χ4n) is 3.49. The normalized spacial score (nSPS) is 13.0. The van der Waals surface area contributed by atoms with Crippen LogP contribution < -0.4 is 10.4 Å². The minimum absolute atomic E-state index is 0.152. The van der Waals surface area contributed by atoms with Gasteiger partial charge in [0, 0.05) is 12.5 Å². The molecule has 4 nitrogen and oxygen atoms in total. The van der Waals surface area contributed by atoms with Crippen molar-refractivity contribution >= 4 is 30.4 Å². The van der Waals surface area contributed by atoms with Crippen molar-refractivity contribution in [1.82, 2.24) is 0 Å². The Hall–Kier alpha value is -2.24. The topological polar surface area (TPSA) is 52.6 Å². The number of carbonyl (C=O) groups excluding carboxylic acids is 2. The molecule has 150 valence electrons. The Bertz CT molecular complexity index is 742. The molecule has 0 saturated carbocycles. The highest BCUT2D eigenvalue weighted by Crippen LogP contribution is 2.37. The molecule has 0 saturated heterocycles. The van der Waals surface area contributed by atoms with Gasteiger partial charge >= 0.3 is 5.97 Å². The Morgan fingerprint density at radius 2 is 1.39 bits per heavy atom. The average Bonchev–Trinajstić information content (AvgIpc) is 2.68. The van der Waals surface area contributed by atoms with E-state index in [1.807, 2.05) is 43.3 Å². The number of Topliss-reactive ketones (excluding diaryl/α,β-unsaturated/α-hetero) is 1. The van der Waals surface area contributed by atoms with Crippen LogP contribution in [0.2, 0.25) is 5.04 Å². The summed E-state index contributed by atoms with van der Waals surface area (Å²) in [6.07, 6.45) is -0.220. The maximum Gasteiger partial charge on any atom is 0.313 e. The summed E-state index contributed by atoms with van der Waals surface area (Å²) < 4.78 is 11.3. The predicted octanol–water partition coefficient (Wildman–Crippen LogP) is 3.33. The van der Waals surface area contributed by atoms with Gasteiger partial charge in [-0.1, -0.05) is 88.4 Å². The van der Waals surface area contributed by atoms with E-state index < -0.39 is 14.3 Å². The van der Waals surface area contributed by atoms with E-state index in [0.717, 1.165) is 0 Å². The lowest BCUT2D eigenvalue weighted by Crippen LogP contribution is -2.67. The lowest BCUT2D eigenvalue weighted by atomic mass is 10.1. The molecule has 0 heterocycles. The molecule has 2 rings (SSSR count). The third kappa shape index (κ3) is 4.78. The van der Waals surface area contributed by atoms with Gasteiger partial charge in [-0.25, -0.2) is 0 Å². The molecule has 2 aromatic carbocycles. The van der Waals surface area contributed by atoms with Crippen LogP contribution in [0.1, 0.15) is 34.1 Å². The highest BCUT2D eigenvalue weighted by molar-refractivity contribution is 6.99. The van der Waals surface area contributed by atoms with Gasteiger partial charge in [0.2, 0.25) is 0 Å². The minimum Gasteiger partial charge on any atom is -0.469 e. The van der Waals surface area contributed by atoms with Crippen molar-refractivity contribution in [2.75, 3.05) is 13.7 Å². The molecule has 0 N–H and O–H groups in total. The van der Waals surface area contributed by atoms with Crippen LogP contribution in [0.3, 0.4) is 0 Å². The summed E-state index contributed by atoms with van der Waals surface area (Å²) in [7, 11) is -1.38. The molecule has 2 aromatic rings. The fourth-order valence-corrected chi connectivity index (χ4v) is 8.15. The SMILES string of the molecule is COC(=O)CC(=O)C(C)CO[Si](c1ccccc1)(c1ccccc1)C(C)(C)C. The first kappa shape index (κ1) is 22.1. The van der Waals surface area contributed by atoms with Crippen molar-refractivity contribution in [2.45, 2.75) is 39.2 Å². The Morgan fingerprint density at radius 1 is 0.929 bits per heavy atom. The molecular formula is C23H30O4Si. The van der Waals surface area contributed by atoms with Crippen LogP contribution >= 0.6 is 0 Å². The molecule has 0 bridgehead atoms. The third-order valence-corrected chi connectivity index (χ3v) is 10.1. The number of hydrogen-bond acceptors (Lipinski definition) is 4. The van der Waals surface area contributed by atoms with Gasteiger partial charge in [0.1, 0.15) is 12.2 Å². The second kappa shape index (κ2) is 9.30. The zero-order valence-corrected chi connectivity index (χ0v) is 18.4. The Morgan fingerprint density at radius 3 is 1.79 bits per heavy atom. The molecule has 28 heavy (non-hydrogen) atoms. The molecule has 1 atom stereocenters. The number of esters is 1. The van der Waals surface area contributed by atoms with Crippen molar-refractivity contribution in [1.29, 1.82) is 0 Å². The Labute approximate surface area is 169 Å². The number of benzene rings is 2. The zero-order valence-electron chi connectivity index (χ0n) is 17.4. The van der Waals surface area contributed by atoms with Crippen molar-refractivity contribution in [3.63, 3.8) is 0 Å². The molecule has 5 heteroatoms. The lowest BCUT2D eigenvalue weighted by molar-refractivity contribution is -0.144. The molecule has 1 unspecified atom stereocenters. The van der Waals surface area contributed by atoms with Gasteiger partial charge in [0.05, 0.1) is 7.11 Å². The average molecular weight is 399 g/mol. The molecule has 0 aliphatic heterocycles. The summed E-state index contributed by atoms with van der Waals surface area (Å²) in [5.41, 5.74) is 0. The highest BCUT2D eigenvalue weighted by atomic mass is 28.4. The van der Waals surface area contributed by atoms with E-state index in [4.69, 9.17) is 4.43 Å². The van der Waals surface area contributed by atoms with Gasteiger partial charge < -0.3 is 9.16 Å². The van der Waals surface area contributed by atoms with Crippen LogP contribution in [0.4, 0.5) is 0 Å². The molecule has 0 fully saturated rings. The zero-order chi connectivity index (χ0) is 20.8. The van der Waals surface area contributed by atoms with E-state index >= 15 is 0 Å². The van der Waals surface area contributed by atoms with Crippen LogP contribution in [-0.4, -0.2) is 33.8 Å². The summed E-state index contributed by atoms with van der Waals surface area (Å²) in [5, 5.41) is 2.18. The Kier molecular flexibility index (Phi) is 7.33. The molecule has 0 aliphatic carbocycles. The number of rotatable bonds is 8. The van der Waals surface area contributed by atoms with E-state index in [1.165, 1.54) is 17.5 Å². The first-order valence-electron chi connectivity index (χ1n) is 9.57. The monoisotopic (exact) mass is 398 g/mol. The standard InChI is InChI=1S/C23H30O4Si/c1-18(21(24)16-22(25)26-5)17-27-28(23(2,3)4,19-12-8-6-9-13-19)20-14-10-7-11-15-20/h6-15,18H,16-17H2,1-5H3. The second-order valence-corrected chi connectivity index (χ2v) is 12.4. The van der Waals surface area contributed by atoms with Gasteiger partial charge in [-0.3, -0.25) is 9.59 Å². The second-order valence-electron chi connectivity index (χ2n) is 8.09. The lowest BCUT2D eigenvalue weighted by Gasteiger charge is -2.43. The number of hydrogen-bond donors (Lipinski definition) is 0. The van der Waals surface area contributed by atoms with Gasteiger partial charge in [0.25, 0.3) is 8.32 Å². The minimum atomic E-state index is -2.67. The van der Waals surface area contributed by atoms with Crippen LogP contribution in [0.5, 0.6) is 0 Å². The van der Waals surface area contributed by atoms with E-state index in [0.29, 0.717) is 0 Å². The van der Waals surface area contributed by atoms with Crippen molar-refractivity contribution in [3.05, 3.63) is 60.7 Å². The van der Waals surface area contributed by atoms with Gasteiger partial charge in [-0.15, -0.1) is 0 Å².